The highest BCUT2D eigenvalue weighted by atomic mass is 32.2. The van der Waals surface area contributed by atoms with Gasteiger partial charge in [0.05, 0.1) is 17.0 Å². The number of aryl methyl sites for hydroxylation is 1. The molecule has 1 aliphatic rings. The van der Waals surface area contributed by atoms with E-state index in [4.69, 9.17) is 4.98 Å². The number of rotatable bonds is 12. The van der Waals surface area contributed by atoms with Crippen LogP contribution < -0.4 is 10.6 Å². The third-order valence-electron chi connectivity index (χ3n) is 8.19. The van der Waals surface area contributed by atoms with Gasteiger partial charge in [0.25, 0.3) is 0 Å². The van der Waals surface area contributed by atoms with Crippen molar-refractivity contribution >= 4 is 15.9 Å². The van der Waals surface area contributed by atoms with Gasteiger partial charge in [-0.15, -0.1) is 0 Å². The van der Waals surface area contributed by atoms with Gasteiger partial charge in [-0.3, -0.25) is 10.1 Å². The summed E-state index contributed by atoms with van der Waals surface area (Å²) >= 11 is 0. The van der Waals surface area contributed by atoms with E-state index >= 15 is 0 Å². The molecule has 3 aromatic rings. The van der Waals surface area contributed by atoms with Gasteiger partial charge in [0, 0.05) is 37.4 Å². The molecule has 0 aliphatic heterocycles. The molecule has 1 amide bonds. The molecule has 1 heterocycles. The fourth-order valence-electron chi connectivity index (χ4n) is 5.46. The molecule has 226 valence electrons. The fraction of sp³-hybridized carbons (Fsp3) is 0.485. The van der Waals surface area contributed by atoms with Gasteiger partial charge < -0.3 is 5.32 Å². The largest absolute Gasteiger partial charge is 0.352 e. The molecule has 1 aromatic heterocycles. The lowest BCUT2D eigenvalue weighted by Crippen LogP contribution is -2.52. The van der Waals surface area contributed by atoms with Crippen LogP contribution in [0.15, 0.2) is 71.8 Å². The molecule has 42 heavy (non-hydrogen) atoms. The number of amides is 1. The summed E-state index contributed by atoms with van der Waals surface area (Å²) in [6, 6.07) is 17.6. The number of carbonyl (C=O) groups excluding carboxylic acids is 1. The van der Waals surface area contributed by atoms with E-state index in [1.165, 1.54) is 10.7 Å². The topological polar surface area (TPSA) is 104 Å². The Kier molecular flexibility index (Phi) is 10.9. The Morgan fingerprint density at radius 1 is 0.976 bits per heavy atom. The quantitative estimate of drug-likeness (QED) is 0.301. The predicted molar refractivity (Wildman–Crippen MR) is 166 cm³/mol. The van der Waals surface area contributed by atoms with Gasteiger partial charge in [0.15, 0.2) is 0 Å². The number of likely N-dealkylation sites (N-methyl/N-ethyl adjacent to an activating group) is 1. The Balaban J connectivity index is 1.56. The van der Waals surface area contributed by atoms with Crippen molar-refractivity contribution in [1.29, 1.82) is 0 Å². The summed E-state index contributed by atoms with van der Waals surface area (Å²) in [5.74, 6) is 0.597. The summed E-state index contributed by atoms with van der Waals surface area (Å²) in [4.78, 5) is 23.3. The Labute approximate surface area is 251 Å². The summed E-state index contributed by atoms with van der Waals surface area (Å²) < 4.78 is 27.9. The Morgan fingerprint density at radius 3 is 2.29 bits per heavy atom. The molecule has 1 saturated carbocycles. The van der Waals surface area contributed by atoms with E-state index in [9.17, 15) is 13.2 Å². The van der Waals surface area contributed by atoms with E-state index in [1.807, 2.05) is 64.1 Å². The monoisotopic (exact) mass is 591 g/mol. The first-order valence-electron chi connectivity index (χ1n) is 15.0. The molecule has 2 aromatic carbocycles. The van der Waals surface area contributed by atoms with Crippen molar-refractivity contribution < 1.29 is 13.2 Å². The van der Waals surface area contributed by atoms with Crippen LogP contribution in [-0.2, 0) is 21.2 Å². The van der Waals surface area contributed by atoms with Crippen LogP contribution in [0.4, 0.5) is 0 Å². The van der Waals surface area contributed by atoms with Crippen molar-refractivity contribution in [3.05, 3.63) is 89.5 Å². The number of nitrogens with zero attached hydrogens (tertiary/aromatic N) is 3. The van der Waals surface area contributed by atoms with Crippen molar-refractivity contribution in [3.63, 3.8) is 0 Å². The molecule has 3 atom stereocenters. The van der Waals surface area contributed by atoms with Gasteiger partial charge in [-0.1, -0.05) is 81.1 Å². The first-order chi connectivity index (χ1) is 20.1. The summed E-state index contributed by atoms with van der Waals surface area (Å²) in [6.45, 7) is 7.90. The molecule has 1 aliphatic carbocycles. The van der Waals surface area contributed by atoms with Crippen molar-refractivity contribution in [3.8, 4) is 0 Å². The van der Waals surface area contributed by atoms with Crippen LogP contribution in [-0.4, -0.2) is 53.8 Å². The molecule has 8 nitrogen and oxygen atoms in total. The summed E-state index contributed by atoms with van der Waals surface area (Å²) in [5, 5.41) is 6.87. The summed E-state index contributed by atoms with van der Waals surface area (Å²) in [7, 11) is -2.05. The maximum atomic E-state index is 13.5. The maximum absolute atomic E-state index is 13.5. The number of nitrogens with one attached hydrogen (secondary N) is 2. The lowest BCUT2D eigenvalue weighted by molar-refractivity contribution is -0.125. The van der Waals surface area contributed by atoms with Crippen LogP contribution in [0, 0.1) is 12.8 Å². The highest BCUT2D eigenvalue weighted by Gasteiger charge is 2.30. The second kappa shape index (κ2) is 14.4. The van der Waals surface area contributed by atoms with E-state index in [0.29, 0.717) is 12.2 Å². The smallest absolute Gasteiger partial charge is 0.243 e. The van der Waals surface area contributed by atoms with Crippen molar-refractivity contribution in [1.82, 2.24) is 24.9 Å². The third-order valence-corrected chi connectivity index (χ3v) is 10.2. The minimum absolute atomic E-state index is 0.00513. The van der Waals surface area contributed by atoms with Crippen LogP contribution in [0.2, 0.25) is 0 Å². The van der Waals surface area contributed by atoms with Crippen LogP contribution in [0.5, 0.6) is 0 Å². The average Bonchev–Trinajstić information content (AvgIpc) is 2.98. The van der Waals surface area contributed by atoms with Crippen molar-refractivity contribution in [2.75, 3.05) is 7.05 Å². The van der Waals surface area contributed by atoms with Crippen molar-refractivity contribution in [2.45, 2.75) is 95.3 Å². The first-order valence-corrected chi connectivity index (χ1v) is 16.5. The van der Waals surface area contributed by atoms with Gasteiger partial charge in [0.2, 0.25) is 15.9 Å². The number of hydrogen-bond donors (Lipinski definition) is 2. The van der Waals surface area contributed by atoms with E-state index in [2.05, 4.69) is 15.6 Å². The Hall–Kier alpha value is -3.14. The molecule has 1 fully saturated rings. The minimum Gasteiger partial charge on any atom is -0.352 e. The SMILES string of the molecule is Cc1ccc(S(=O)(=O)N(C)[C@@H](C)Cc2ccnc([C@@H](N[C@H](C(=O)NC3CCCCC3)C(C)C)c3ccccc3)n2)cc1. The van der Waals surface area contributed by atoms with E-state index in [1.54, 1.807) is 37.5 Å². The minimum atomic E-state index is -3.66. The number of aromatic nitrogens is 2. The zero-order valence-corrected chi connectivity index (χ0v) is 26.3. The van der Waals surface area contributed by atoms with Crippen LogP contribution >= 0.6 is 0 Å². The molecule has 0 radical (unpaired) electrons. The van der Waals surface area contributed by atoms with Gasteiger partial charge in [-0.05, 0) is 56.4 Å². The second-order valence-corrected chi connectivity index (χ2v) is 13.9. The molecule has 0 saturated heterocycles. The van der Waals surface area contributed by atoms with Gasteiger partial charge in [-0.25, -0.2) is 18.4 Å². The summed E-state index contributed by atoms with van der Waals surface area (Å²) in [5.41, 5.74) is 2.69. The van der Waals surface area contributed by atoms with Crippen LogP contribution in [0.25, 0.3) is 0 Å². The lowest BCUT2D eigenvalue weighted by atomic mass is 9.94. The molecule has 0 spiro atoms. The van der Waals surface area contributed by atoms with Gasteiger partial charge in [-0.2, -0.15) is 4.31 Å². The number of hydrogen-bond acceptors (Lipinski definition) is 6. The molecule has 2 N–H and O–H groups in total. The standard InChI is InChI=1S/C33H45N5O3S/c1-23(2)30(33(39)36-27-14-10-7-11-15-27)37-31(26-12-8-6-9-13-26)32-34-21-20-28(35-32)22-25(4)38(5)42(40,41)29-18-16-24(3)17-19-29/h6,8-9,12-13,16-21,23,25,27,30-31,37H,7,10-11,14-15,22H2,1-5H3,(H,36,39)/t25-,30-,31-/m0/s1. The van der Waals surface area contributed by atoms with E-state index < -0.39 is 22.1 Å². The highest BCUT2D eigenvalue weighted by Crippen LogP contribution is 2.24. The highest BCUT2D eigenvalue weighted by molar-refractivity contribution is 7.89. The maximum Gasteiger partial charge on any atom is 0.243 e. The Bertz CT molecular complexity index is 1410. The first kappa shape index (κ1) is 31.8. The third kappa shape index (κ3) is 8.02. The number of carbonyl (C=O) groups is 1. The summed E-state index contributed by atoms with van der Waals surface area (Å²) in [6.07, 6.45) is 7.70. The molecule has 4 rings (SSSR count). The normalized spacial score (nSPS) is 16.7. The van der Waals surface area contributed by atoms with E-state index in [0.717, 1.165) is 42.5 Å². The number of benzene rings is 2. The number of sulfonamides is 1. The molecule has 9 heteroatoms. The van der Waals surface area contributed by atoms with Gasteiger partial charge in [0.1, 0.15) is 5.82 Å². The Morgan fingerprint density at radius 2 is 1.64 bits per heavy atom. The zero-order valence-electron chi connectivity index (χ0n) is 25.5. The molecule has 0 unspecified atom stereocenters. The van der Waals surface area contributed by atoms with E-state index in [-0.39, 0.29) is 28.8 Å². The molecule has 0 bridgehead atoms. The average molecular weight is 592 g/mol. The zero-order chi connectivity index (χ0) is 30.3. The molecular weight excluding hydrogens is 546 g/mol. The van der Waals surface area contributed by atoms with Crippen molar-refractivity contribution in [2.24, 2.45) is 5.92 Å². The fourth-order valence-corrected chi connectivity index (χ4v) is 6.82. The van der Waals surface area contributed by atoms with Crippen LogP contribution in [0.3, 0.4) is 0 Å². The second-order valence-electron chi connectivity index (χ2n) is 11.9. The lowest BCUT2D eigenvalue weighted by Gasteiger charge is -2.30. The van der Waals surface area contributed by atoms with Gasteiger partial charge >= 0.3 is 0 Å². The predicted octanol–water partition coefficient (Wildman–Crippen LogP) is 5.19. The molecular formula is C33H45N5O3S. The van der Waals surface area contributed by atoms with Crippen LogP contribution in [0.1, 0.15) is 81.6 Å².